The summed E-state index contributed by atoms with van der Waals surface area (Å²) in [7, 11) is 1.97. The minimum atomic E-state index is -1.18. The van der Waals surface area contributed by atoms with Crippen LogP contribution in [0, 0.1) is 6.92 Å². The third-order valence-electron chi connectivity index (χ3n) is 10.0. The Hall–Kier alpha value is -3.90. The van der Waals surface area contributed by atoms with Crippen LogP contribution in [-0.4, -0.2) is 84.4 Å². The normalized spacial score (nSPS) is 18.4. The number of ether oxygens (including phenoxy) is 1. The number of fused-ring (bicyclic) bond motifs is 2. The number of aliphatic carboxylic acids is 1. The van der Waals surface area contributed by atoms with Gasteiger partial charge < -0.3 is 14.7 Å². The van der Waals surface area contributed by atoms with Gasteiger partial charge in [-0.2, -0.15) is 5.10 Å². The molecule has 262 valence electrons. The fourth-order valence-electron chi connectivity index (χ4n) is 7.57. The van der Waals surface area contributed by atoms with Crippen LogP contribution in [-0.2, 0) is 21.4 Å². The third kappa shape index (κ3) is 6.64. The number of carboxylic acid groups (broad SMARTS) is 1. The average Bonchev–Trinajstić information content (AvgIpc) is 3.81. The molecule has 5 aromatic rings. The SMILES string of the molecule is CC(=O)N1CC[C@@H](N2CCC(c3nn(C)c4ccc(-c5nc6cc(C)c(C(OC(C)(C)C)C(=O)O)c(-c7ccc(Cl)cc7)c6s5)nc34)CC2)C1. The van der Waals surface area contributed by atoms with Gasteiger partial charge in [0.05, 0.1) is 32.7 Å². The summed E-state index contributed by atoms with van der Waals surface area (Å²) in [6, 6.07) is 13.9. The summed E-state index contributed by atoms with van der Waals surface area (Å²) in [5.74, 6) is -0.602. The molecule has 2 saturated heterocycles. The zero-order chi connectivity index (χ0) is 35.5. The summed E-state index contributed by atoms with van der Waals surface area (Å²) in [4.78, 5) is 39.4. The molecule has 1 unspecified atom stereocenters. The van der Waals surface area contributed by atoms with Gasteiger partial charge in [0.1, 0.15) is 10.5 Å². The molecule has 0 bridgehead atoms. The van der Waals surface area contributed by atoms with Gasteiger partial charge in [0.2, 0.25) is 5.91 Å². The first-order valence-corrected chi connectivity index (χ1v) is 18.4. The van der Waals surface area contributed by atoms with Gasteiger partial charge in [-0.05, 0) is 102 Å². The molecule has 10 nitrogen and oxygen atoms in total. The summed E-state index contributed by atoms with van der Waals surface area (Å²) in [5.41, 5.74) is 6.73. The Balaban J connectivity index is 1.26. The zero-order valence-corrected chi connectivity index (χ0v) is 30.9. The van der Waals surface area contributed by atoms with E-state index in [1.54, 1.807) is 6.92 Å². The Kier molecular flexibility index (Phi) is 9.21. The van der Waals surface area contributed by atoms with Crippen LogP contribution in [0.1, 0.15) is 75.8 Å². The van der Waals surface area contributed by atoms with Crippen molar-refractivity contribution in [2.75, 3.05) is 26.2 Å². The quantitative estimate of drug-likeness (QED) is 0.183. The topological polar surface area (TPSA) is 114 Å². The third-order valence-corrected chi connectivity index (χ3v) is 11.4. The Morgan fingerprint density at radius 3 is 2.40 bits per heavy atom. The average molecular weight is 715 g/mol. The fraction of sp³-hybridized carbons (Fsp3) is 0.447. The van der Waals surface area contributed by atoms with E-state index >= 15 is 0 Å². The second kappa shape index (κ2) is 13.3. The van der Waals surface area contributed by atoms with Crippen molar-refractivity contribution < 1.29 is 19.4 Å². The van der Waals surface area contributed by atoms with Gasteiger partial charge >= 0.3 is 5.97 Å². The van der Waals surface area contributed by atoms with Crippen LogP contribution in [0.15, 0.2) is 42.5 Å². The molecule has 0 radical (unpaired) electrons. The van der Waals surface area contributed by atoms with E-state index in [-0.39, 0.29) is 11.8 Å². The number of piperidine rings is 1. The van der Waals surface area contributed by atoms with E-state index in [0.717, 1.165) is 99.8 Å². The molecular weight excluding hydrogens is 672 g/mol. The monoisotopic (exact) mass is 714 g/mol. The van der Waals surface area contributed by atoms with Gasteiger partial charge in [0, 0.05) is 55.2 Å². The first kappa shape index (κ1) is 34.5. The van der Waals surface area contributed by atoms with Gasteiger partial charge in [-0.1, -0.05) is 23.7 Å². The maximum Gasteiger partial charge on any atom is 0.337 e. The lowest BCUT2D eigenvalue weighted by atomic mass is 9.91. The number of hydrogen-bond acceptors (Lipinski definition) is 8. The Morgan fingerprint density at radius 2 is 1.76 bits per heavy atom. The molecule has 2 aromatic carbocycles. The number of aryl methyl sites for hydroxylation is 2. The number of carbonyl (C=O) groups excluding carboxylic acids is 1. The van der Waals surface area contributed by atoms with Crippen molar-refractivity contribution >= 4 is 56.1 Å². The number of rotatable bonds is 7. The summed E-state index contributed by atoms with van der Waals surface area (Å²) < 4.78 is 8.97. The smallest absolute Gasteiger partial charge is 0.337 e. The summed E-state index contributed by atoms with van der Waals surface area (Å²) in [5, 5.41) is 16.8. The van der Waals surface area contributed by atoms with Crippen molar-refractivity contribution in [1.82, 2.24) is 29.5 Å². The molecule has 7 rings (SSSR count). The lowest BCUT2D eigenvalue weighted by molar-refractivity contribution is -0.160. The Morgan fingerprint density at radius 1 is 1.04 bits per heavy atom. The summed E-state index contributed by atoms with van der Waals surface area (Å²) in [6.45, 7) is 12.8. The highest BCUT2D eigenvalue weighted by Crippen LogP contribution is 2.44. The van der Waals surface area contributed by atoms with Crippen LogP contribution in [0.3, 0.4) is 0 Å². The van der Waals surface area contributed by atoms with E-state index in [9.17, 15) is 14.7 Å². The minimum absolute atomic E-state index is 0.160. The molecule has 2 aliphatic rings. The van der Waals surface area contributed by atoms with Crippen molar-refractivity contribution in [3.05, 3.63) is 64.3 Å². The number of likely N-dealkylation sites (tertiary alicyclic amines) is 2. The molecule has 1 N–H and O–H groups in total. The number of carbonyl (C=O) groups is 2. The van der Waals surface area contributed by atoms with Gasteiger partial charge in [-0.15, -0.1) is 11.3 Å². The highest BCUT2D eigenvalue weighted by molar-refractivity contribution is 7.22. The number of halogens is 1. The van der Waals surface area contributed by atoms with Gasteiger partial charge in [0.15, 0.2) is 6.10 Å². The first-order valence-electron chi connectivity index (χ1n) is 17.2. The lowest BCUT2D eigenvalue weighted by Gasteiger charge is -2.35. The van der Waals surface area contributed by atoms with Crippen molar-refractivity contribution in [2.45, 2.75) is 77.5 Å². The summed E-state index contributed by atoms with van der Waals surface area (Å²) in [6.07, 6.45) is 1.83. The van der Waals surface area contributed by atoms with Crippen LogP contribution in [0.25, 0.3) is 43.1 Å². The van der Waals surface area contributed by atoms with E-state index in [1.165, 1.54) is 11.3 Å². The second-order valence-corrected chi connectivity index (χ2v) is 16.0. The first-order chi connectivity index (χ1) is 23.8. The van der Waals surface area contributed by atoms with Crippen molar-refractivity contribution in [2.24, 2.45) is 7.05 Å². The maximum absolute atomic E-state index is 12.7. The zero-order valence-electron chi connectivity index (χ0n) is 29.4. The number of benzene rings is 2. The second-order valence-electron chi connectivity index (χ2n) is 14.6. The van der Waals surface area contributed by atoms with Crippen molar-refractivity contribution in [1.29, 1.82) is 0 Å². The molecule has 0 saturated carbocycles. The van der Waals surface area contributed by atoms with Crippen LogP contribution >= 0.6 is 22.9 Å². The predicted octanol–water partition coefficient (Wildman–Crippen LogP) is 7.61. The number of pyridine rings is 1. The van der Waals surface area contributed by atoms with Crippen LogP contribution in [0.2, 0.25) is 5.02 Å². The van der Waals surface area contributed by atoms with Crippen LogP contribution < -0.4 is 0 Å². The van der Waals surface area contributed by atoms with E-state index in [1.807, 2.05) is 80.7 Å². The van der Waals surface area contributed by atoms with Gasteiger partial charge in [0.25, 0.3) is 0 Å². The molecule has 3 aromatic heterocycles. The molecule has 5 heterocycles. The molecule has 0 aliphatic carbocycles. The minimum Gasteiger partial charge on any atom is -0.479 e. The number of nitrogens with zero attached hydrogens (tertiary/aromatic N) is 6. The van der Waals surface area contributed by atoms with Crippen LogP contribution in [0.5, 0.6) is 0 Å². The lowest BCUT2D eigenvalue weighted by Crippen LogP contribution is -2.43. The summed E-state index contributed by atoms with van der Waals surface area (Å²) >= 11 is 7.79. The van der Waals surface area contributed by atoms with E-state index < -0.39 is 17.7 Å². The number of thiazole rings is 1. The van der Waals surface area contributed by atoms with E-state index in [0.29, 0.717) is 16.6 Å². The molecule has 1 amide bonds. The van der Waals surface area contributed by atoms with E-state index in [2.05, 4.69) is 11.0 Å². The van der Waals surface area contributed by atoms with Crippen molar-refractivity contribution in [3.63, 3.8) is 0 Å². The maximum atomic E-state index is 12.7. The molecule has 2 atom stereocenters. The standard InChI is InChI=1S/C38H43ClN6O4S/c1-21-19-28-35(31(23-7-9-25(39)10-8-23)30(21)34(37(47)48)49-38(3,4)5)50-36(41-28)27-11-12-29-33(40-27)32(42-43(29)6)24-13-16-44(17-14-24)26-15-18-45(20-26)22(2)46/h7-12,19,24,26,34H,13-18,20H2,1-6H3,(H,47,48)/t26-,34?/m1/s1. The molecule has 0 spiro atoms. The van der Waals surface area contributed by atoms with Crippen LogP contribution in [0.4, 0.5) is 0 Å². The Labute approximate surface area is 301 Å². The van der Waals surface area contributed by atoms with Crippen molar-refractivity contribution in [3.8, 4) is 21.8 Å². The molecule has 2 fully saturated rings. The molecule has 50 heavy (non-hydrogen) atoms. The number of carboxylic acids is 1. The predicted molar refractivity (Wildman–Crippen MR) is 198 cm³/mol. The highest BCUT2D eigenvalue weighted by Gasteiger charge is 2.34. The number of hydrogen-bond donors (Lipinski definition) is 1. The number of aromatic nitrogens is 4. The molecule has 12 heteroatoms. The Bertz CT molecular complexity index is 2090. The van der Waals surface area contributed by atoms with Gasteiger partial charge in [-0.25, -0.2) is 14.8 Å². The number of amides is 1. The highest BCUT2D eigenvalue weighted by atomic mass is 35.5. The largest absolute Gasteiger partial charge is 0.479 e. The molecule has 2 aliphatic heterocycles. The fourth-order valence-corrected chi connectivity index (χ4v) is 8.79. The van der Waals surface area contributed by atoms with E-state index in [4.69, 9.17) is 31.4 Å². The van der Waals surface area contributed by atoms with Gasteiger partial charge in [-0.3, -0.25) is 14.4 Å². The molecular formula is C38H43ClN6O4S.